The Morgan fingerprint density at radius 2 is 1.76 bits per heavy atom. The zero-order chi connectivity index (χ0) is 15.8. The molecule has 1 atom stereocenters. The third-order valence-corrected chi connectivity index (χ3v) is 6.12. The number of hydrogen-bond donors (Lipinski definition) is 3. The predicted molar refractivity (Wildman–Crippen MR) is 89.3 cm³/mol. The molecule has 0 aliphatic carbocycles. The molecule has 1 rings (SSSR count). The van der Waals surface area contributed by atoms with Crippen LogP contribution in [0.1, 0.15) is 32.8 Å². The van der Waals surface area contributed by atoms with E-state index in [0.717, 1.165) is 6.42 Å². The van der Waals surface area contributed by atoms with Gasteiger partial charge in [0.25, 0.3) is 0 Å². The zero-order valence-electron chi connectivity index (χ0n) is 12.8. The van der Waals surface area contributed by atoms with Crippen LogP contribution in [0.5, 0.6) is 0 Å². The normalized spacial score (nSPS) is 14.9. The molecule has 0 fully saturated rings. The molecule has 120 valence electrons. The number of hydrogen-bond acceptors (Lipinski definition) is 6. The smallest absolute Gasteiger partial charge is 0.308 e. The minimum atomic E-state index is -3.32. The van der Waals surface area contributed by atoms with Gasteiger partial charge in [-0.2, -0.15) is 0 Å². The van der Waals surface area contributed by atoms with Crippen molar-refractivity contribution in [3.63, 3.8) is 0 Å². The van der Waals surface area contributed by atoms with E-state index in [9.17, 15) is 4.57 Å². The molecule has 0 bridgehead atoms. The number of benzene rings is 1. The van der Waals surface area contributed by atoms with Gasteiger partial charge in [-0.1, -0.05) is 43.1 Å². The number of nitrogens with one attached hydrogen (secondary N) is 2. The lowest BCUT2D eigenvalue weighted by Crippen LogP contribution is -2.48. The fourth-order valence-electron chi connectivity index (χ4n) is 2.08. The van der Waals surface area contributed by atoms with Crippen LogP contribution in [0.2, 0.25) is 0 Å². The van der Waals surface area contributed by atoms with E-state index in [-0.39, 0.29) is 0 Å². The van der Waals surface area contributed by atoms with Crippen molar-refractivity contribution < 1.29 is 13.6 Å². The summed E-state index contributed by atoms with van der Waals surface area (Å²) in [6.45, 7) is 6.08. The fraction of sp³-hybridized carbons (Fsp3) is 0.571. The first-order valence-electron chi connectivity index (χ1n) is 7.10. The maximum Gasteiger partial charge on any atom is 0.351 e. The topological polar surface area (TPSA) is 59.6 Å². The molecule has 0 amide bonds. The minimum absolute atomic E-state index is 0.326. The molecule has 1 aromatic rings. The van der Waals surface area contributed by atoms with Crippen molar-refractivity contribution in [2.45, 2.75) is 38.9 Å². The summed E-state index contributed by atoms with van der Waals surface area (Å²) >= 11 is 3.97. The molecule has 0 saturated carbocycles. The van der Waals surface area contributed by atoms with E-state index in [2.05, 4.69) is 23.1 Å². The summed E-state index contributed by atoms with van der Waals surface area (Å²) in [7, 11) is -3.32. The molecule has 0 saturated heterocycles. The van der Waals surface area contributed by atoms with Gasteiger partial charge in [-0.05, 0) is 39.2 Å². The summed E-state index contributed by atoms with van der Waals surface area (Å²) in [5.41, 5.74) is 4.11. The van der Waals surface area contributed by atoms with Crippen LogP contribution >= 0.6 is 20.4 Å². The largest absolute Gasteiger partial charge is 0.351 e. The number of rotatable bonds is 10. The molecule has 0 aliphatic heterocycles. The quantitative estimate of drug-likeness (QED) is 0.347. The summed E-state index contributed by atoms with van der Waals surface area (Å²) in [5, 5.41) is -0.864. The average molecular weight is 332 g/mol. The lowest BCUT2D eigenvalue weighted by atomic mass is 10.1. The van der Waals surface area contributed by atoms with E-state index in [1.165, 1.54) is 5.56 Å². The molecule has 21 heavy (non-hydrogen) atoms. The van der Waals surface area contributed by atoms with Crippen molar-refractivity contribution in [2.75, 3.05) is 13.2 Å². The van der Waals surface area contributed by atoms with Crippen LogP contribution in [-0.4, -0.2) is 18.5 Å². The molecule has 0 radical (unpaired) electrons. The highest BCUT2D eigenvalue weighted by Gasteiger charge is 2.46. The molecule has 0 aliphatic rings. The first-order valence-corrected chi connectivity index (χ1v) is 9.09. The highest BCUT2D eigenvalue weighted by atomic mass is 32.1. The lowest BCUT2D eigenvalue weighted by molar-refractivity contribution is 0.184. The SMILES string of the molecule is CCOP(=O)(OCC)[C@](C)(CCc1ccccc1)NNS. The van der Waals surface area contributed by atoms with Crippen molar-refractivity contribution in [1.82, 2.24) is 10.3 Å². The highest BCUT2D eigenvalue weighted by Crippen LogP contribution is 2.60. The highest BCUT2D eigenvalue weighted by molar-refractivity contribution is 7.78. The van der Waals surface area contributed by atoms with Crippen molar-refractivity contribution in [3.8, 4) is 0 Å². The standard InChI is InChI=1S/C14H25N2O3PS/c1-4-18-20(17,19-5-2)14(3,15-16-21)12-11-13-9-7-6-8-10-13/h6-10,15-16,21H,4-5,11-12H2,1-3H3/t14-/m1/s1. The summed E-state index contributed by atoms with van der Waals surface area (Å²) in [5.74, 6) is 0. The van der Waals surface area contributed by atoms with Crippen LogP contribution < -0.4 is 10.3 Å². The van der Waals surface area contributed by atoms with Crippen LogP contribution in [-0.2, 0) is 20.0 Å². The Labute approximate surface area is 132 Å². The first-order chi connectivity index (χ1) is 10.0. The summed E-state index contributed by atoms with van der Waals surface area (Å²) < 4.78 is 24.0. The van der Waals surface area contributed by atoms with Gasteiger partial charge in [0.1, 0.15) is 5.28 Å². The van der Waals surface area contributed by atoms with Crippen molar-refractivity contribution >= 4 is 20.4 Å². The monoisotopic (exact) mass is 332 g/mol. The molecule has 0 aromatic heterocycles. The van der Waals surface area contributed by atoms with Gasteiger partial charge in [-0.3, -0.25) is 4.57 Å². The molecule has 2 N–H and O–H groups in total. The van der Waals surface area contributed by atoms with Crippen LogP contribution in [0.4, 0.5) is 0 Å². The van der Waals surface area contributed by atoms with Crippen molar-refractivity contribution in [2.24, 2.45) is 0 Å². The van der Waals surface area contributed by atoms with E-state index < -0.39 is 12.9 Å². The second-order valence-corrected chi connectivity index (χ2v) is 7.55. The third kappa shape index (κ3) is 5.09. The van der Waals surface area contributed by atoms with Gasteiger partial charge in [-0.15, -0.1) is 0 Å². The van der Waals surface area contributed by atoms with Gasteiger partial charge < -0.3 is 9.05 Å². The van der Waals surface area contributed by atoms with Gasteiger partial charge in [0.05, 0.1) is 13.2 Å². The molecule has 0 spiro atoms. The first kappa shape index (κ1) is 18.7. The van der Waals surface area contributed by atoms with Gasteiger partial charge >= 0.3 is 7.60 Å². The van der Waals surface area contributed by atoms with E-state index in [1.807, 2.05) is 37.3 Å². The van der Waals surface area contributed by atoms with Gasteiger partial charge in [0, 0.05) is 0 Å². The summed E-state index contributed by atoms with van der Waals surface area (Å²) in [4.78, 5) is 2.58. The van der Waals surface area contributed by atoms with E-state index in [0.29, 0.717) is 19.6 Å². The van der Waals surface area contributed by atoms with E-state index in [4.69, 9.17) is 9.05 Å². The van der Waals surface area contributed by atoms with Gasteiger partial charge in [-0.25, -0.2) is 10.3 Å². The van der Waals surface area contributed by atoms with Gasteiger partial charge in [0.2, 0.25) is 0 Å². The molecular formula is C14H25N2O3PS. The third-order valence-electron chi connectivity index (χ3n) is 3.27. The number of aryl methyl sites for hydroxylation is 1. The molecule has 7 heteroatoms. The van der Waals surface area contributed by atoms with Gasteiger partial charge in [0.15, 0.2) is 0 Å². The second kappa shape index (κ2) is 8.93. The molecule has 0 unspecified atom stereocenters. The van der Waals surface area contributed by atoms with E-state index >= 15 is 0 Å². The van der Waals surface area contributed by atoms with Crippen LogP contribution in [0.3, 0.4) is 0 Å². The Kier molecular flexibility index (Phi) is 7.95. The van der Waals surface area contributed by atoms with Crippen LogP contribution in [0, 0.1) is 0 Å². The van der Waals surface area contributed by atoms with Crippen molar-refractivity contribution in [1.29, 1.82) is 0 Å². The number of hydrazine groups is 1. The molecule has 1 aromatic carbocycles. The summed E-state index contributed by atoms with van der Waals surface area (Å²) in [6, 6.07) is 10.0. The molecule has 5 nitrogen and oxygen atoms in total. The zero-order valence-corrected chi connectivity index (χ0v) is 14.6. The Morgan fingerprint density at radius 1 is 1.19 bits per heavy atom. The van der Waals surface area contributed by atoms with Crippen LogP contribution in [0.25, 0.3) is 0 Å². The maximum absolute atomic E-state index is 13.1. The summed E-state index contributed by atoms with van der Waals surface area (Å²) in [6.07, 6.45) is 1.34. The number of thiol groups is 1. The Balaban J connectivity index is 2.91. The molecule has 0 heterocycles. The Bertz CT molecular complexity index is 451. The average Bonchev–Trinajstić information content (AvgIpc) is 2.47. The maximum atomic E-state index is 13.1. The fourth-order valence-corrected chi connectivity index (χ4v) is 4.32. The Hall–Kier alpha value is -0.360. The lowest BCUT2D eigenvalue weighted by Gasteiger charge is -2.36. The second-order valence-electron chi connectivity index (χ2n) is 4.83. The van der Waals surface area contributed by atoms with Crippen molar-refractivity contribution in [3.05, 3.63) is 35.9 Å². The minimum Gasteiger partial charge on any atom is -0.308 e. The molecular weight excluding hydrogens is 307 g/mol. The predicted octanol–water partition coefficient (Wildman–Crippen LogP) is 3.54. The Morgan fingerprint density at radius 3 is 2.24 bits per heavy atom. The van der Waals surface area contributed by atoms with Crippen LogP contribution in [0.15, 0.2) is 30.3 Å². The van der Waals surface area contributed by atoms with E-state index in [1.54, 1.807) is 13.8 Å².